The molecule has 0 radical (unpaired) electrons. The molecule has 3 nitrogen and oxygen atoms in total. The quantitative estimate of drug-likeness (QED) is 0.755. The van der Waals surface area contributed by atoms with E-state index < -0.39 is 0 Å². The number of para-hydroxylation sites is 1. The van der Waals surface area contributed by atoms with Gasteiger partial charge in [-0.05, 0) is 44.2 Å². The zero-order valence-corrected chi connectivity index (χ0v) is 11.4. The van der Waals surface area contributed by atoms with Gasteiger partial charge in [0.05, 0.1) is 18.0 Å². The molecule has 1 aromatic carbocycles. The van der Waals surface area contributed by atoms with Gasteiger partial charge in [0.1, 0.15) is 5.75 Å². The van der Waals surface area contributed by atoms with E-state index in [2.05, 4.69) is 19.2 Å². The van der Waals surface area contributed by atoms with E-state index in [1.807, 2.05) is 18.2 Å². The SMILES string of the molecule is CCCOc1cccc(NC(C)C2CCC2)c1N. The van der Waals surface area contributed by atoms with Crippen LogP contribution in [0.3, 0.4) is 0 Å². The van der Waals surface area contributed by atoms with E-state index in [0.29, 0.717) is 12.6 Å². The van der Waals surface area contributed by atoms with Crippen LogP contribution in [0.2, 0.25) is 0 Å². The summed E-state index contributed by atoms with van der Waals surface area (Å²) < 4.78 is 5.64. The first-order chi connectivity index (χ1) is 8.72. The van der Waals surface area contributed by atoms with Crippen LogP contribution in [0.5, 0.6) is 5.75 Å². The van der Waals surface area contributed by atoms with Crippen LogP contribution >= 0.6 is 0 Å². The second-order valence-corrected chi connectivity index (χ2v) is 5.19. The predicted molar refractivity (Wildman–Crippen MR) is 77.1 cm³/mol. The molecule has 1 unspecified atom stereocenters. The fourth-order valence-electron chi connectivity index (χ4n) is 2.31. The van der Waals surface area contributed by atoms with E-state index in [-0.39, 0.29) is 0 Å². The average molecular weight is 248 g/mol. The van der Waals surface area contributed by atoms with Crippen molar-refractivity contribution >= 4 is 11.4 Å². The second-order valence-electron chi connectivity index (χ2n) is 5.19. The molecule has 0 saturated heterocycles. The third kappa shape index (κ3) is 2.89. The van der Waals surface area contributed by atoms with Crippen LogP contribution in [-0.4, -0.2) is 12.6 Å². The molecule has 0 aliphatic heterocycles. The maximum atomic E-state index is 6.14. The molecule has 1 saturated carbocycles. The maximum absolute atomic E-state index is 6.14. The van der Waals surface area contributed by atoms with Crippen molar-refractivity contribution < 1.29 is 4.74 Å². The Hall–Kier alpha value is -1.38. The Bertz CT molecular complexity index is 388. The Morgan fingerprint density at radius 3 is 2.83 bits per heavy atom. The molecule has 2 rings (SSSR count). The van der Waals surface area contributed by atoms with Crippen molar-refractivity contribution in [2.24, 2.45) is 5.92 Å². The number of hydrogen-bond acceptors (Lipinski definition) is 3. The lowest BCUT2D eigenvalue weighted by atomic mass is 9.80. The summed E-state index contributed by atoms with van der Waals surface area (Å²) in [5.41, 5.74) is 7.88. The number of nitrogens with one attached hydrogen (secondary N) is 1. The van der Waals surface area contributed by atoms with Crippen molar-refractivity contribution in [3.05, 3.63) is 18.2 Å². The van der Waals surface area contributed by atoms with Crippen molar-refractivity contribution in [2.75, 3.05) is 17.7 Å². The van der Waals surface area contributed by atoms with Gasteiger partial charge in [0.25, 0.3) is 0 Å². The summed E-state index contributed by atoms with van der Waals surface area (Å²) in [4.78, 5) is 0. The van der Waals surface area contributed by atoms with Crippen molar-refractivity contribution in [3.63, 3.8) is 0 Å². The summed E-state index contributed by atoms with van der Waals surface area (Å²) >= 11 is 0. The van der Waals surface area contributed by atoms with Crippen molar-refractivity contribution in [3.8, 4) is 5.75 Å². The molecule has 1 fully saturated rings. The molecule has 0 heterocycles. The number of ether oxygens (including phenoxy) is 1. The van der Waals surface area contributed by atoms with Gasteiger partial charge in [0, 0.05) is 6.04 Å². The molecule has 3 heteroatoms. The molecular weight excluding hydrogens is 224 g/mol. The summed E-state index contributed by atoms with van der Waals surface area (Å²) in [6.45, 7) is 5.05. The Kier molecular flexibility index (Phi) is 4.34. The summed E-state index contributed by atoms with van der Waals surface area (Å²) in [5.74, 6) is 1.59. The topological polar surface area (TPSA) is 47.3 Å². The zero-order valence-electron chi connectivity index (χ0n) is 11.4. The van der Waals surface area contributed by atoms with E-state index in [4.69, 9.17) is 10.5 Å². The molecule has 0 bridgehead atoms. The lowest BCUT2D eigenvalue weighted by molar-refractivity contribution is 0.285. The highest BCUT2D eigenvalue weighted by Crippen LogP contribution is 2.34. The van der Waals surface area contributed by atoms with E-state index in [1.54, 1.807) is 0 Å². The number of hydrogen-bond donors (Lipinski definition) is 2. The molecule has 18 heavy (non-hydrogen) atoms. The van der Waals surface area contributed by atoms with Crippen LogP contribution in [0.15, 0.2) is 18.2 Å². The van der Waals surface area contributed by atoms with Crippen LogP contribution < -0.4 is 15.8 Å². The predicted octanol–water partition coefficient (Wildman–Crippen LogP) is 3.66. The molecule has 1 aliphatic rings. The standard InChI is InChI=1S/C15H24N2O/c1-3-10-18-14-9-5-8-13(15(14)16)17-11(2)12-6-4-7-12/h5,8-9,11-12,17H,3-4,6-7,10,16H2,1-2H3. The first kappa shape index (κ1) is 13.1. The number of benzene rings is 1. The summed E-state index contributed by atoms with van der Waals surface area (Å²) in [7, 11) is 0. The molecular formula is C15H24N2O. The fraction of sp³-hybridized carbons (Fsp3) is 0.600. The second kappa shape index (κ2) is 5.98. The molecule has 100 valence electrons. The summed E-state index contributed by atoms with van der Waals surface area (Å²) in [5, 5.41) is 3.52. The highest BCUT2D eigenvalue weighted by Gasteiger charge is 2.24. The van der Waals surface area contributed by atoms with Gasteiger partial charge in [-0.15, -0.1) is 0 Å². The Morgan fingerprint density at radius 2 is 2.22 bits per heavy atom. The van der Waals surface area contributed by atoms with Crippen LogP contribution in [-0.2, 0) is 0 Å². The third-order valence-corrected chi connectivity index (χ3v) is 3.77. The van der Waals surface area contributed by atoms with Crippen LogP contribution in [0, 0.1) is 5.92 Å². The van der Waals surface area contributed by atoms with Crippen molar-refractivity contribution in [1.82, 2.24) is 0 Å². The molecule has 1 aromatic rings. The number of nitrogens with two attached hydrogens (primary N) is 1. The minimum atomic E-state index is 0.488. The summed E-state index contributed by atoms with van der Waals surface area (Å²) in [6.07, 6.45) is 5.03. The largest absolute Gasteiger partial charge is 0.491 e. The van der Waals surface area contributed by atoms with Gasteiger partial charge in [-0.25, -0.2) is 0 Å². The van der Waals surface area contributed by atoms with Gasteiger partial charge in [-0.3, -0.25) is 0 Å². The highest BCUT2D eigenvalue weighted by atomic mass is 16.5. The Morgan fingerprint density at radius 1 is 1.44 bits per heavy atom. The van der Waals surface area contributed by atoms with Gasteiger partial charge >= 0.3 is 0 Å². The van der Waals surface area contributed by atoms with Crippen molar-refractivity contribution in [2.45, 2.75) is 45.6 Å². The lowest BCUT2D eigenvalue weighted by Crippen LogP contribution is -2.31. The summed E-state index contributed by atoms with van der Waals surface area (Å²) in [6, 6.07) is 6.45. The van der Waals surface area contributed by atoms with Crippen LogP contribution in [0.4, 0.5) is 11.4 Å². The van der Waals surface area contributed by atoms with Gasteiger partial charge in [-0.1, -0.05) is 19.4 Å². The fourth-order valence-corrected chi connectivity index (χ4v) is 2.31. The number of nitrogen functional groups attached to an aromatic ring is 1. The van der Waals surface area contributed by atoms with Crippen molar-refractivity contribution in [1.29, 1.82) is 0 Å². The normalized spacial score (nSPS) is 17.0. The molecule has 0 amide bonds. The van der Waals surface area contributed by atoms with Gasteiger partial charge in [0.15, 0.2) is 0 Å². The van der Waals surface area contributed by atoms with E-state index in [9.17, 15) is 0 Å². The van der Waals surface area contributed by atoms with E-state index in [0.717, 1.165) is 29.5 Å². The van der Waals surface area contributed by atoms with E-state index in [1.165, 1.54) is 19.3 Å². The molecule has 3 N–H and O–H groups in total. The minimum Gasteiger partial charge on any atom is -0.491 e. The highest BCUT2D eigenvalue weighted by molar-refractivity contribution is 5.73. The Balaban J connectivity index is 2.02. The van der Waals surface area contributed by atoms with Crippen LogP contribution in [0.25, 0.3) is 0 Å². The smallest absolute Gasteiger partial charge is 0.144 e. The van der Waals surface area contributed by atoms with E-state index >= 15 is 0 Å². The lowest BCUT2D eigenvalue weighted by Gasteiger charge is -2.33. The van der Waals surface area contributed by atoms with Gasteiger partial charge < -0.3 is 15.8 Å². The van der Waals surface area contributed by atoms with Crippen LogP contribution in [0.1, 0.15) is 39.5 Å². The Labute approximate surface area is 110 Å². The number of anilines is 2. The minimum absolute atomic E-state index is 0.488. The molecule has 1 atom stereocenters. The third-order valence-electron chi connectivity index (χ3n) is 3.77. The molecule has 0 aromatic heterocycles. The monoisotopic (exact) mass is 248 g/mol. The van der Waals surface area contributed by atoms with Gasteiger partial charge in [-0.2, -0.15) is 0 Å². The average Bonchev–Trinajstić information content (AvgIpc) is 2.28. The number of rotatable bonds is 6. The molecule has 1 aliphatic carbocycles. The maximum Gasteiger partial charge on any atom is 0.144 e. The zero-order chi connectivity index (χ0) is 13.0. The van der Waals surface area contributed by atoms with Gasteiger partial charge in [0.2, 0.25) is 0 Å². The molecule has 0 spiro atoms. The first-order valence-corrected chi connectivity index (χ1v) is 7.00. The first-order valence-electron chi connectivity index (χ1n) is 7.00.